The van der Waals surface area contributed by atoms with Crippen molar-refractivity contribution in [1.82, 2.24) is 35.7 Å². The third-order valence-corrected chi connectivity index (χ3v) is 7.89. The number of benzene rings is 2. The minimum atomic E-state index is -1.43. The Bertz CT molecular complexity index is 1510. The number of carbonyl (C=O) groups is 5. The maximum absolute atomic E-state index is 13.4. The zero-order chi connectivity index (χ0) is 31.8. The van der Waals surface area contributed by atoms with Gasteiger partial charge in [-0.15, -0.1) is 10.2 Å². The molecule has 2 aromatic carbocycles. The molecule has 2 heterocycles. The Morgan fingerprint density at radius 3 is 2.43 bits per heavy atom. The fraction of sp³-hybridized carbons (Fsp3) is 0.379. The molecule has 3 atom stereocenters. The van der Waals surface area contributed by atoms with Crippen molar-refractivity contribution < 1.29 is 29.1 Å². The van der Waals surface area contributed by atoms with Gasteiger partial charge < -0.3 is 20.6 Å². The second kappa shape index (κ2) is 14.9. The van der Waals surface area contributed by atoms with Crippen LogP contribution in [0.4, 0.5) is 0 Å². The van der Waals surface area contributed by atoms with Crippen molar-refractivity contribution >= 4 is 52.7 Å². The van der Waals surface area contributed by atoms with E-state index in [1.807, 2.05) is 0 Å². The van der Waals surface area contributed by atoms with Crippen molar-refractivity contribution in [3.8, 4) is 0 Å². The Kier molecular flexibility index (Phi) is 11.0. The van der Waals surface area contributed by atoms with Crippen LogP contribution in [0, 0.1) is 0 Å². The van der Waals surface area contributed by atoms with Gasteiger partial charge in [0.1, 0.15) is 24.7 Å². The highest BCUT2D eigenvalue weighted by atomic mass is 35.5. The highest BCUT2D eigenvalue weighted by Gasteiger charge is 2.35. The molecule has 3 unspecified atom stereocenters. The van der Waals surface area contributed by atoms with E-state index >= 15 is 0 Å². The number of likely N-dealkylation sites (tertiary alicyclic amines) is 1. The summed E-state index contributed by atoms with van der Waals surface area (Å²) < 4.78 is 0. The minimum absolute atomic E-state index is 0.149. The van der Waals surface area contributed by atoms with Gasteiger partial charge in [0.25, 0.3) is 5.91 Å². The fourth-order valence-corrected chi connectivity index (χ4v) is 5.32. The van der Waals surface area contributed by atoms with Gasteiger partial charge in [0.15, 0.2) is 11.6 Å². The van der Waals surface area contributed by atoms with Gasteiger partial charge in [0.2, 0.25) is 11.8 Å². The lowest BCUT2D eigenvalue weighted by atomic mass is 10.1. The highest BCUT2D eigenvalue weighted by Crippen LogP contribution is 2.25. The van der Waals surface area contributed by atoms with Crippen LogP contribution in [0.2, 0.25) is 10.0 Å². The summed E-state index contributed by atoms with van der Waals surface area (Å²) in [6.07, 6.45) is 1.09. The van der Waals surface area contributed by atoms with Crippen molar-refractivity contribution in [3.05, 3.63) is 75.5 Å². The lowest BCUT2D eigenvalue weighted by molar-refractivity contribution is -0.143. The van der Waals surface area contributed by atoms with Crippen molar-refractivity contribution in [3.63, 3.8) is 0 Å². The van der Waals surface area contributed by atoms with Gasteiger partial charge in [-0.25, -0.2) is 0 Å². The molecular formula is C29H31Cl2N7O6. The monoisotopic (exact) mass is 643 g/mol. The Balaban J connectivity index is 1.40. The molecule has 1 aliphatic heterocycles. The number of halogens is 2. The highest BCUT2D eigenvalue weighted by molar-refractivity contribution is 6.36. The third kappa shape index (κ3) is 8.38. The molecule has 3 amide bonds. The van der Waals surface area contributed by atoms with Crippen molar-refractivity contribution in [2.45, 2.75) is 63.7 Å². The molecular weight excluding hydrogens is 613 g/mol. The first-order valence-electron chi connectivity index (χ1n) is 13.9. The lowest BCUT2D eigenvalue weighted by Crippen LogP contribution is -2.56. The van der Waals surface area contributed by atoms with Gasteiger partial charge in [-0.1, -0.05) is 47.5 Å². The summed E-state index contributed by atoms with van der Waals surface area (Å²) in [7, 11) is 0. The van der Waals surface area contributed by atoms with Crippen LogP contribution in [0.3, 0.4) is 0 Å². The largest absolute Gasteiger partial charge is 0.481 e. The number of carboxylic acids is 1. The molecule has 3 N–H and O–H groups in total. The Morgan fingerprint density at radius 2 is 1.75 bits per heavy atom. The van der Waals surface area contributed by atoms with E-state index in [0.717, 1.165) is 4.80 Å². The molecule has 0 radical (unpaired) electrons. The summed E-state index contributed by atoms with van der Waals surface area (Å²) in [6.45, 7) is 1.28. The topological polar surface area (TPSA) is 176 Å². The molecule has 1 saturated heterocycles. The zero-order valence-corrected chi connectivity index (χ0v) is 25.3. The number of Topliss-reactive ketones (excluding diaryl/α,β-unsaturated/α-hetero) is 1. The van der Waals surface area contributed by atoms with E-state index in [4.69, 9.17) is 23.2 Å². The van der Waals surface area contributed by atoms with Crippen LogP contribution in [0.1, 0.15) is 54.4 Å². The van der Waals surface area contributed by atoms with Gasteiger partial charge in [0.05, 0.1) is 6.42 Å². The number of aromatic nitrogens is 4. The molecule has 0 aliphatic carbocycles. The molecule has 44 heavy (non-hydrogen) atoms. The number of ketones is 1. The second-order valence-electron chi connectivity index (χ2n) is 10.3. The number of nitrogens with zero attached hydrogens (tertiary/aromatic N) is 5. The normalized spacial score (nSPS) is 16.5. The first kappa shape index (κ1) is 32.6. The van der Waals surface area contributed by atoms with Gasteiger partial charge in [-0.05, 0) is 61.2 Å². The quantitative estimate of drug-likeness (QED) is 0.267. The van der Waals surface area contributed by atoms with E-state index in [9.17, 15) is 29.1 Å². The minimum Gasteiger partial charge on any atom is -0.481 e. The molecule has 1 aromatic heterocycles. The predicted molar refractivity (Wildman–Crippen MR) is 159 cm³/mol. The third-order valence-electron chi connectivity index (χ3n) is 7.18. The maximum Gasteiger partial charge on any atom is 0.305 e. The zero-order valence-electron chi connectivity index (χ0n) is 23.8. The number of hydrogen-bond donors (Lipinski definition) is 3. The lowest BCUT2D eigenvalue weighted by Gasteiger charge is -2.30. The fourth-order valence-electron chi connectivity index (χ4n) is 4.79. The molecule has 3 aromatic rings. The summed E-state index contributed by atoms with van der Waals surface area (Å²) in [5.74, 6) is -3.32. The van der Waals surface area contributed by atoms with Crippen LogP contribution in [0.5, 0.6) is 0 Å². The van der Waals surface area contributed by atoms with Crippen LogP contribution in [0.25, 0.3) is 0 Å². The number of carbonyl (C=O) groups excluding carboxylic acids is 4. The van der Waals surface area contributed by atoms with Gasteiger partial charge in [-0.2, -0.15) is 4.80 Å². The van der Waals surface area contributed by atoms with Gasteiger partial charge in [-0.3, -0.25) is 24.0 Å². The Hall–Kier alpha value is -4.36. The Morgan fingerprint density at radius 1 is 1.05 bits per heavy atom. The molecule has 13 nitrogen and oxygen atoms in total. The van der Waals surface area contributed by atoms with Crippen LogP contribution in [-0.4, -0.2) is 84.4 Å². The van der Waals surface area contributed by atoms with Crippen LogP contribution < -0.4 is 10.6 Å². The average Bonchev–Trinajstić information content (AvgIpc) is 3.35. The smallest absolute Gasteiger partial charge is 0.305 e. The summed E-state index contributed by atoms with van der Waals surface area (Å²) in [5.41, 5.74) is 0.982. The number of tetrazole rings is 1. The number of nitrogens with one attached hydrogen (secondary N) is 2. The molecule has 232 valence electrons. The average molecular weight is 645 g/mol. The van der Waals surface area contributed by atoms with Crippen LogP contribution in [-0.2, 0) is 32.1 Å². The van der Waals surface area contributed by atoms with E-state index in [2.05, 4.69) is 26.0 Å². The molecule has 1 aliphatic rings. The SMILES string of the molecule is CC(C(=O)NC(CC(=O)O)C(=O)Cn1nnc(Cc2c(Cl)cccc2Cl)n1)N1CCCCC(NC(=O)c2ccccc2)C1=O. The van der Waals surface area contributed by atoms with E-state index < -0.39 is 60.6 Å². The molecule has 1 fully saturated rings. The number of aliphatic carboxylic acids is 1. The summed E-state index contributed by atoms with van der Waals surface area (Å²) in [5, 5.41) is 27.4. The van der Waals surface area contributed by atoms with Gasteiger partial charge >= 0.3 is 5.97 Å². The van der Waals surface area contributed by atoms with Crippen molar-refractivity contribution in [2.75, 3.05) is 6.54 Å². The van der Waals surface area contributed by atoms with E-state index in [1.54, 1.807) is 48.5 Å². The number of rotatable bonds is 12. The molecule has 4 rings (SSSR count). The number of carboxylic acid groups (broad SMARTS) is 1. The summed E-state index contributed by atoms with van der Waals surface area (Å²) in [4.78, 5) is 66.4. The van der Waals surface area contributed by atoms with Crippen LogP contribution >= 0.6 is 23.2 Å². The van der Waals surface area contributed by atoms with Crippen molar-refractivity contribution in [2.24, 2.45) is 0 Å². The predicted octanol–water partition coefficient (Wildman–Crippen LogP) is 2.30. The van der Waals surface area contributed by atoms with Gasteiger partial charge in [0, 0.05) is 28.6 Å². The maximum atomic E-state index is 13.4. The van der Waals surface area contributed by atoms with E-state index in [-0.39, 0.29) is 18.8 Å². The number of amides is 3. The molecule has 0 saturated carbocycles. The standard InChI is InChI=1S/C29H31Cl2N7O6/c1-17(37-13-6-5-12-22(29(37)44)32-28(43)18-8-3-2-4-9-18)27(42)33-23(15-26(40)41)24(39)16-38-35-25(34-36-38)14-19-20(30)10-7-11-21(19)31/h2-4,7-11,17,22-23H,5-6,12-16H2,1H3,(H,32,43)(H,33,42)(H,40,41). The molecule has 0 spiro atoms. The van der Waals surface area contributed by atoms with Crippen LogP contribution in [0.15, 0.2) is 48.5 Å². The first-order chi connectivity index (χ1) is 21.0. The van der Waals surface area contributed by atoms with E-state index in [1.165, 1.54) is 11.8 Å². The summed E-state index contributed by atoms with van der Waals surface area (Å²) in [6, 6.07) is 10.2. The summed E-state index contributed by atoms with van der Waals surface area (Å²) >= 11 is 12.4. The van der Waals surface area contributed by atoms with Crippen molar-refractivity contribution in [1.29, 1.82) is 0 Å². The molecule has 15 heteroatoms. The number of hydrogen-bond acceptors (Lipinski definition) is 8. The van der Waals surface area contributed by atoms with E-state index in [0.29, 0.717) is 40.4 Å². The first-order valence-corrected chi connectivity index (χ1v) is 14.7. The molecule has 0 bridgehead atoms. The Labute approximate surface area is 262 Å². The second-order valence-corrected chi connectivity index (χ2v) is 11.1.